The topological polar surface area (TPSA) is 75.8 Å². The van der Waals surface area contributed by atoms with Crippen LogP contribution in [0.3, 0.4) is 0 Å². The van der Waals surface area contributed by atoms with Gasteiger partial charge < -0.3 is 22.1 Å². The summed E-state index contributed by atoms with van der Waals surface area (Å²) in [6.07, 6.45) is 0. The summed E-state index contributed by atoms with van der Waals surface area (Å²) in [5, 5.41) is 7.33. The van der Waals surface area contributed by atoms with Crippen LogP contribution in [0.25, 0.3) is 22.1 Å². The molecule has 0 aromatic rings. The molecule has 0 radical (unpaired) electrons. The van der Waals surface area contributed by atoms with Crippen LogP contribution in [0, 0.1) is 0 Å². The van der Waals surface area contributed by atoms with Crippen LogP contribution in [-0.2, 0) is 20.4 Å². The zero-order valence-electron chi connectivity index (χ0n) is 7.04. The minimum Gasteiger partial charge on any atom is -0.679 e. The predicted octanol–water partition coefficient (Wildman–Crippen LogP) is 2.08. The zero-order valence-corrected chi connectivity index (χ0v) is 8.59. The van der Waals surface area contributed by atoms with E-state index in [1.807, 2.05) is 0 Å². The number of likely N-dealkylation sites (N-methyl/N-ethyl adjacent to an activating group) is 2. The molecule has 0 aliphatic heterocycles. The van der Waals surface area contributed by atoms with Crippen LogP contribution in [-0.4, -0.2) is 40.3 Å². The Hall–Kier alpha value is 0.502. The van der Waals surface area contributed by atoms with Gasteiger partial charge in [0.15, 0.2) is 0 Å². The van der Waals surface area contributed by atoms with Crippen LogP contribution in [0.5, 0.6) is 0 Å². The van der Waals surface area contributed by atoms with Gasteiger partial charge in [0.25, 0.3) is 0 Å². The van der Waals surface area contributed by atoms with Gasteiger partial charge in [-0.1, -0.05) is 0 Å². The number of nitrogens with zero attached hydrogens (tertiary/aromatic N) is 2. The smallest absolute Gasteiger partial charge is 0 e. The fourth-order valence-electron chi connectivity index (χ4n) is 0.224. The maximum atomic E-state index is 6.51. The van der Waals surface area contributed by atoms with Gasteiger partial charge in [0.05, 0.1) is 0 Å². The average Bonchev–Trinajstić information content (AvgIpc) is 1.93. The molecule has 0 heterocycles. The van der Waals surface area contributed by atoms with E-state index in [4.69, 9.17) is 11.5 Å². The van der Waals surface area contributed by atoms with E-state index >= 15 is 0 Å². The van der Waals surface area contributed by atoms with Crippen LogP contribution in [0.4, 0.5) is 0 Å². The maximum Gasteiger partial charge on any atom is 0 e. The van der Waals surface area contributed by atoms with Crippen molar-refractivity contribution in [3.8, 4) is 0 Å². The van der Waals surface area contributed by atoms with Gasteiger partial charge in [-0.25, -0.2) is 0 Å². The van der Waals surface area contributed by atoms with Crippen molar-refractivity contribution in [2.75, 3.05) is 40.3 Å². The third-order valence-electron chi connectivity index (χ3n) is 0.671. The third-order valence-corrected chi connectivity index (χ3v) is 0.671. The van der Waals surface area contributed by atoms with E-state index in [0.29, 0.717) is 26.2 Å². The molecule has 0 atom stereocenters. The normalized spacial score (nSPS) is 7.64. The van der Waals surface area contributed by atoms with Crippen molar-refractivity contribution in [3.63, 3.8) is 0 Å². The zero-order chi connectivity index (χ0) is 8.24. The molecule has 11 heavy (non-hydrogen) atoms. The molecule has 0 rings (SSSR count). The van der Waals surface area contributed by atoms with Crippen molar-refractivity contribution in [2.24, 2.45) is 0 Å². The third kappa shape index (κ3) is 37.5. The molecule has 0 aromatic carbocycles. The Bertz CT molecular complexity index is 35.6. The van der Waals surface area contributed by atoms with Crippen LogP contribution < -0.4 is 0 Å². The van der Waals surface area contributed by atoms with Crippen molar-refractivity contribution >= 4 is 0 Å². The quantitative estimate of drug-likeness (QED) is 0.685. The Labute approximate surface area is 83.1 Å². The number of rotatable bonds is 4. The van der Waals surface area contributed by atoms with Gasteiger partial charge in [-0.3, -0.25) is 0 Å². The fourth-order valence-corrected chi connectivity index (χ4v) is 0.224. The first-order valence-corrected chi connectivity index (χ1v) is 3.23. The molecule has 74 valence electrons. The average molecular weight is 251 g/mol. The molecule has 2 N–H and O–H groups in total. The van der Waals surface area contributed by atoms with Gasteiger partial charge >= 0.3 is 0 Å². The molecule has 5 heteroatoms. The molecule has 0 aliphatic carbocycles. The van der Waals surface area contributed by atoms with E-state index in [1.165, 1.54) is 0 Å². The maximum absolute atomic E-state index is 6.51. The summed E-state index contributed by atoms with van der Waals surface area (Å²) < 4.78 is 0. The van der Waals surface area contributed by atoms with Gasteiger partial charge in [-0.2, -0.15) is 40.3 Å². The van der Waals surface area contributed by atoms with Crippen LogP contribution in [0.15, 0.2) is 0 Å². The molecule has 0 aliphatic rings. The molecule has 0 saturated carbocycles. The first-order chi connectivity index (χ1) is 4.83. The van der Waals surface area contributed by atoms with Gasteiger partial charge in [-0.15, -0.1) is 0 Å². The molecule has 0 unspecified atom stereocenters. The van der Waals surface area contributed by atoms with E-state index in [-0.39, 0.29) is 20.4 Å². The molecule has 4 nitrogen and oxygen atoms in total. The largest absolute Gasteiger partial charge is 0.679 e. The molecule has 0 saturated heterocycles. The molecule has 0 fully saturated rings. The van der Waals surface area contributed by atoms with E-state index in [1.54, 1.807) is 14.1 Å². The molecular weight excluding hydrogens is 235 g/mol. The number of hydrogen-bond donors (Lipinski definition) is 0. The first-order valence-electron chi connectivity index (χ1n) is 3.23. The number of nitrogens with one attached hydrogen (secondary N) is 2. The van der Waals surface area contributed by atoms with Crippen LogP contribution in [0.1, 0.15) is 0 Å². The van der Waals surface area contributed by atoms with Gasteiger partial charge in [0, 0.05) is 20.4 Å². The molecule has 0 amide bonds. The standard InChI is InChI=1S/2C3H8N2.Pd/c2*1-5-3-2-4;/h2*4H,2-3H2,1H3;/q2*-2;. The van der Waals surface area contributed by atoms with Crippen molar-refractivity contribution in [1.29, 1.82) is 0 Å². The molecule has 0 aromatic heterocycles. The van der Waals surface area contributed by atoms with Crippen molar-refractivity contribution in [3.05, 3.63) is 22.1 Å². The minimum atomic E-state index is 0. The summed E-state index contributed by atoms with van der Waals surface area (Å²) in [6.45, 7) is 2.22. The predicted molar refractivity (Wildman–Crippen MR) is 46.7 cm³/mol. The summed E-state index contributed by atoms with van der Waals surface area (Å²) in [6, 6.07) is 0. The minimum absolute atomic E-state index is 0. The van der Waals surface area contributed by atoms with Crippen LogP contribution in [0.2, 0.25) is 0 Å². The molecular formula is C6H16N4Pd-4. The Morgan fingerprint density at radius 2 is 1.18 bits per heavy atom. The summed E-state index contributed by atoms with van der Waals surface area (Å²) >= 11 is 0. The second-order valence-electron chi connectivity index (χ2n) is 1.58. The monoisotopic (exact) mass is 250 g/mol. The van der Waals surface area contributed by atoms with E-state index < -0.39 is 0 Å². The molecule has 0 bridgehead atoms. The number of hydrogen-bond acceptors (Lipinski definition) is 0. The van der Waals surface area contributed by atoms with Gasteiger partial charge in [-0.05, 0) is 0 Å². The molecule has 0 spiro atoms. The van der Waals surface area contributed by atoms with Crippen molar-refractivity contribution in [2.45, 2.75) is 0 Å². The Morgan fingerprint density at radius 1 is 0.909 bits per heavy atom. The van der Waals surface area contributed by atoms with Crippen LogP contribution >= 0.6 is 0 Å². The van der Waals surface area contributed by atoms with E-state index in [9.17, 15) is 0 Å². The van der Waals surface area contributed by atoms with Crippen molar-refractivity contribution in [1.82, 2.24) is 0 Å². The summed E-state index contributed by atoms with van der Waals surface area (Å²) in [7, 11) is 3.43. The Kier molecular flexibility index (Phi) is 35.8. The van der Waals surface area contributed by atoms with Crippen molar-refractivity contribution < 1.29 is 20.4 Å². The van der Waals surface area contributed by atoms with E-state index in [2.05, 4.69) is 10.6 Å². The fraction of sp³-hybridized carbons (Fsp3) is 1.00. The summed E-state index contributed by atoms with van der Waals surface area (Å²) in [5.41, 5.74) is 13.0. The Morgan fingerprint density at radius 3 is 1.18 bits per heavy atom. The van der Waals surface area contributed by atoms with Gasteiger partial charge in [0.2, 0.25) is 0 Å². The van der Waals surface area contributed by atoms with Gasteiger partial charge in [0.1, 0.15) is 0 Å². The Balaban J connectivity index is -0.000000107. The SMILES string of the molecule is C[N-]CC[NH-].C[N-]CC[NH-].[Pd]. The first kappa shape index (κ1) is 17.6. The summed E-state index contributed by atoms with van der Waals surface area (Å²) in [5.74, 6) is 0. The second kappa shape index (κ2) is 22.4. The van der Waals surface area contributed by atoms with E-state index in [0.717, 1.165) is 0 Å². The second-order valence-corrected chi connectivity index (χ2v) is 1.58. The summed E-state index contributed by atoms with van der Waals surface area (Å²) in [4.78, 5) is 0.